The van der Waals surface area contributed by atoms with Gasteiger partial charge in [0.05, 0.1) is 7.11 Å². The van der Waals surface area contributed by atoms with Gasteiger partial charge in [0.1, 0.15) is 0 Å². The van der Waals surface area contributed by atoms with E-state index in [1.165, 1.54) is 44.5 Å². The Balaban J connectivity index is 1.81. The molecule has 0 N–H and O–H groups in total. The Hall–Kier alpha value is -1.16. The average molecular weight is 235 g/mol. The first-order valence-corrected chi connectivity index (χ1v) is 6.38. The summed E-state index contributed by atoms with van der Waals surface area (Å²) in [7, 11) is 1.60. The summed E-state index contributed by atoms with van der Waals surface area (Å²) in [5, 5.41) is 0. The van der Waals surface area contributed by atoms with Crippen LogP contribution < -0.4 is 4.74 Å². The van der Waals surface area contributed by atoms with Gasteiger partial charge in [-0.25, -0.2) is 9.97 Å². The largest absolute Gasteiger partial charge is 0.467 e. The third-order valence-corrected chi connectivity index (χ3v) is 3.36. The monoisotopic (exact) mass is 235 g/mol. The van der Waals surface area contributed by atoms with E-state index in [0.29, 0.717) is 6.01 Å². The standard InChI is InChI=1S/C13H21N3O/c1-11-12(10-14-13(15-11)17-2)6-5-9-16-7-3-4-8-16/h10H,3-9H2,1-2H3. The molecule has 1 aliphatic rings. The maximum atomic E-state index is 5.01. The molecule has 17 heavy (non-hydrogen) atoms. The molecule has 0 radical (unpaired) electrons. The molecule has 94 valence electrons. The second-order valence-corrected chi connectivity index (χ2v) is 4.62. The number of rotatable bonds is 5. The van der Waals surface area contributed by atoms with Gasteiger partial charge in [0.25, 0.3) is 0 Å². The van der Waals surface area contributed by atoms with E-state index < -0.39 is 0 Å². The Labute approximate surface area is 103 Å². The Morgan fingerprint density at radius 2 is 2.12 bits per heavy atom. The van der Waals surface area contributed by atoms with Gasteiger partial charge < -0.3 is 9.64 Å². The molecule has 0 amide bonds. The molecular formula is C13H21N3O. The lowest BCUT2D eigenvalue weighted by Gasteiger charge is -2.14. The SMILES string of the molecule is COc1ncc(CCCN2CCCC2)c(C)n1. The second kappa shape index (κ2) is 5.96. The second-order valence-electron chi connectivity index (χ2n) is 4.62. The van der Waals surface area contributed by atoms with Gasteiger partial charge in [0.2, 0.25) is 0 Å². The van der Waals surface area contributed by atoms with Crippen molar-refractivity contribution in [3.8, 4) is 6.01 Å². The predicted octanol–water partition coefficient (Wildman–Crippen LogP) is 1.82. The molecule has 2 rings (SSSR count). The van der Waals surface area contributed by atoms with Gasteiger partial charge in [0.15, 0.2) is 0 Å². The zero-order valence-corrected chi connectivity index (χ0v) is 10.8. The van der Waals surface area contributed by atoms with Crippen molar-refractivity contribution in [3.63, 3.8) is 0 Å². The van der Waals surface area contributed by atoms with E-state index in [4.69, 9.17) is 4.74 Å². The minimum atomic E-state index is 0.464. The number of nitrogens with zero attached hydrogens (tertiary/aromatic N) is 3. The Bertz CT molecular complexity index is 362. The fraction of sp³-hybridized carbons (Fsp3) is 0.692. The van der Waals surface area contributed by atoms with Crippen molar-refractivity contribution in [3.05, 3.63) is 17.5 Å². The van der Waals surface area contributed by atoms with Crippen LogP contribution in [0.1, 0.15) is 30.5 Å². The van der Waals surface area contributed by atoms with Crippen molar-refractivity contribution in [1.29, 1.82) is 0 Å². The number of hydrogen-bond donors (Lipinski definition) is 0. The minimum absolute atomic E-state index is 0.464. The molecule has 1 aliphatic heterocycles. The smallest absolute Gasteiger partial charge is 0.316 e. The first-order chi connectivity index (χ1) is 8.29. The summed E-state index contributed by atoms with van der Waals surface area (Å²) >= 11 is 0. The highest BCUT2D eigenvalue weighted by molar-refractivity contribution is 5.17. The molecule has 0 aliphatic carbocycles. The molecular weight excluding hydrogens is 214 g/mol. The van der Waals surface area contributed by atoms with Crippen molar-refractivity contribution >= 4 is 0 Å². The number of likely N-dealkylation sites (tertiary alicyclic amines) is 1. The van der Waals surface area contributed by atoms with Gasteiger partial charge in [-0.1, -0.05) is 0 Å². The van der Waals surface area contributed by atoms with Crippen molar-refractivity contribution in [2.75, 3.05) is 26.7 Å². The molecule has 0 atom stereocenters. The fourth-order valence-electron chi connectivity index (χ4n) is 2.31. The van der Waals surface area contributed by atoms with Crippen molar-refractivity contribution in [1.82, 2.24) is 14.9 Å². The molecule has 1 saturated heterocycles. The maximum absolute atomic E-state index is 5.01. The quantitative estimate of drug-likeness (QED) is 0.780. The first-order valence-electron chi connectivity index (χ1n) is 6.38. The average Bonchev–Trinajstić information content (AvgIpc) is 2.84. The zero-order chi connectivity index (χ0) is 12.1. The Morgan fingerprint density at radius 3 is 2.76 bits per heavy atom. The molecule has 1 fully saturated rings. The van der Waals surface area contributed by atoms with Crippen LogP contribution in [-0.2, 0) is 6.42 Å². The molecule has 2 heterocycles. The number of aromatic nitrogens is 2. The van der Waals surface area contributed by atoms with Gasteiger partial charge in [-0.3, -0.25) is 0 Å². The van der Waals surface area contributed by atoms with Crippen molar-refractivity contribution in [2.24, 2.45) is 0 Å². The fourth-order valence-corrected chi connectivity index (χ4v) is 2.31. The predicted molar refractivity (Wildman–Crippen MR) is 67.3 cm³/mol. The van der Waals surface area contributed by atoms with Crippen molar-refractivity contribution < 1.29 is 4.74 Å². The van der Waals surface area contributed by atoms with Gasteiger partial charge in [-0.05, 0) is 57.8 Å². The van der Waals surface area contributed by atoms with Crippen LogP contribution in [0.25, 0.3) is 0 Å². The topological polar surface area (TPSA) is 38.2 Å². The number of methoxy groups -OCH3 is 1. The van der Waals surface area contributed by atoms with Crippen LogP contribution >= 0.6 is 0 Å². The molecule has 4 nitrogen and oxygen atoms in total. The summed E-state index contributed by atoms with van der Waals surface area (Å²) in [6.45, 7) is 5.77. The van der Waals surface area contributed by atoms with Crippen molar-refractivity contribution in [2.45, 2.75) is 32.6 Å². The summed E-state index contributed by atoms with van der Waals surface area (Å²) in [5.41, 5.74) is 2.28. The molecule has 0 spiro atoms. The third-order valence-electron chi connectivity index (χ3n) is 3.36. The molecule has 1 aromatic rings. The van der Waals surface area contributed by atoms with Gasteiger partial charge >= 0.3 is 6.01 Å². The van der Waals surface area contributed by atoms with Gasteiger partial charge in [-0.15, -0.1) is 0 Å². The number of ether oxygens (including phenoxy) is 1. The molecule has 0 bridgehead atoms. The normalized spacial score (nSPS) is 16.4. The molecule has 0 unspecified atom stereocenters. The lowest BCUT2D eigenvalue weighted by Crippen LogP contribution is -2.20. The van der Waals surface area contributed by atoms with E-state index >= 15 is 0 Å². The zero-order valence-electron chi connectivity index (χ0n) is 10.8. The Kier molecular flexibility index (Phi) is 4.31. The van der Waals surface area contributed by atoms with Crippen LogP contribution in [-0.4, -0.2) is 41.6 Å². The van der Waals surface area contributed by atoms with E-state index in [-0.39, 0.29) is 0 Å². The van der Waals surface area contributed by atoms with E-state index in [1.807, 2.05) is 13.1 Å². The Morgan fingerprint density at radius 1 is 1.35 bits per heavy atom. The molecule has 1 aromatic heterocycles. The molecule has 0 saturated carbocycles. The first kappa shape index (κ1) is 12.3. The van der Waals surface area contributed by atoms with Gasteiger partial charge in [-0.2, -0.15) is 0 Å². The summed E-state index contributed by atoms with van der Waals surface area (Å²) < 4.78 is 5.01. The third kappa shape index (κ3) is 3.40. The van der Waals surface area contributed by atoms with Gasteiger partial charge in [0, 0.05) is 11.9 Å². The van der Waals surface area contributed by atoms with Crippen LogP contribution in [0.2, 0.25) is 0 Å². The minimum Gasteiger partial charge on any atom is -0.467 e. The highest BCUT2D eigenvalue weighted by Gasteiger charge is 2.11. The maximum Gasteiger partial charge on any atom is 0.316 e. The van der Waals surface area contributed by atoms with Crippen LogP contribution in [0, 0.1) is 6.92 Å². The highest BCUT2D eigenvalue weighted by Crippen LogP contribution is 2.12. The summed E-state index contributed by atoms with van der Waals surface area (Å²) in [5.74, 6) is 0. The van der Waals surface area contributed by atoms with Crippen LogP contribution in [0.4, 0.5) is 0 Å². The highest BCUT2D eigenvalue weighted by atomic mass is 16.5. The van der Waals surface area contributed by atoms with E-state index in [2.05, 4.69) is 14.9 Å². The molecule has 4 heteroatoms. The van der Waals surface area contributed by atoms with E-state index in [0.717, 1.165) is 12.1 Å². The lowest BCUT2D eigenvalue weighted by atomic mass is 10.1. The number of aryl methyl sites for hydroxylation is 2. The van der Waals surface area contributed by atoms with E-state index in [9.17, 15) is 0 Å². The van der Waals surface area contributed by atoms with Crippen LogP contribution in [0.3, 0.4) is 0 Å². The molecule has 0 aromatic carbocycles. The summed E-state index contributed by atoms with van der Waals surface area (Å²) in [6.07, 6.45) is 6.88. The lowest BCUT2D eigenvalue weighted by molar-refractivity contribution is 0.333. The van der Waals surface area contributed by atoms with Crippen LogP contribution in [0.15, 0.2) is 6.20 Å². The summed E-state index contributed by atoms with van der Waals surface area (Å²) in [6, 6.07) is 0.464. The van der Waals surface area contributed by atoms with E-state index in [1.54, 1.807) is 7.11 Å². The number of hydrogen-bond acceptors (Lipinski definition) is 4. The van der Waals surface area contributed by atoms with Crippen LogP contribution in [0.5, 0.6) is 6.01 Å². The summed E-state index contributed by atoms with van der Waals surface area (Å²) in [4.78, 5) is 11.0.